The summed E-state index contributed by atoms with van der Waals surface area (Å²) < 4.78 is 0. The number of anilines is 4. The van der Waals surface area contributed by atoms with E-state index in [-0.39, 0.29) is 0 Å². The predicted octanol–water partition coefficient (Wildman–Crippen LogP) is 6.26. The van der Waals surface area contributed by atoms with Crippen LogP contribution in [-0.4, -0.2) is 9.97 Å². The first-order valence-electron chi connectivity index (χ1n) is 10.8. The summed E-state index contributed by atoms with van der Waals surface area (Å²) in [5, 5.41) is 1.41. The first-order valence-corrected chi connectivity index (χ1v) is 11.6. The standard InChI is InChI=1S/2C13H14ClN3/c1-2-11-13(10(15)7-12(16)17-11)8-3-5-9(14)6-4-8;1-2-8-7-11(15)17-13(16)12(8)9-3-5-10(14)6-4-9/h2*3-7H,2H2,1H3,(H4,15,16,17). The van der Waals surface area contributed by atoms with E-state index in [0.717, 1.165) is 46.4 Å². The third kappa shape index (κ3) is 5.90. The smallest absolute Gasteiger partial charge is 0.133 e. The molecule has 34 heavy (non-hydrogen) atoms. The average molecular weight is 495 g/mol. The number of hydrogen-bond acceptors (Lipinski definition) is 6. The van der Waals surface area contributed by atoms with Crippen molar-refractivity contribution in [1.82, 2.24) is 9.97 Å². The molecular weight excluding hydrogens is 467 g/mol. The normalized spacial score (nSPS) is 10.5. The van der Waals surface area contributed by atoms with Gasteiger partial charge in [-0.25, -0.2) is 9.97 Å². The summed E-state index contributed by atoms with van der Waals surface area (Å²) in [5.74, 6) is 1.37. The van der Waals surface area contributed by atoms with Crippen LogP contribution in [0.4, 0.5) is 23.1 Å². The number of halogens is 2. The number of aryl methyl sites for hydroxylation is 2. The topological polar surface area (TPSA) is 130 Å². The zero-order valence-electron chi connectivity index (χ0n) is 19.1. The van der Waals surface area contributed by atoms with Crippen molar-refractivity contribution in [3.05, 3.63) is 82.0 Å². The Morgan fingerprint density at radius 2 is 1.15 bits per heavy atom. The average Bonchev–Trinajstić information content (AvgIpc) is 2.80. The molecule has 0 amide bonds. The quantitative estimate of drug-likeness (QED) is 0.264. The fraction of sp³-hybridized carbons (Fsp3) is 0.154. The number of nitrogen functional groups attached to an aromatic ring is 4. The van der Waals surface area contributed by atoms with Gasteiger partial charge in [-0.05, 0) is 59.9 Å². The van der Waals surface area contributed by atoms with Gasteiger partial charge < -0.3 is 22.9 Å². The molecule has 4 rings (SSSR count). The van der Waals surface area contributed by atoms with Crippen LogP contribution >= 0.6 is 23.2 Å². The van der Waals surface area contributed by atoms with Crippen LogP contribution in [-0.2, 0) is 12.8 Å². The maximum atomic E-state index is 6.01. The summed E-state index contributed by atoms with van der Waals surface area (Å²) >= 11 is 11.7. The molecule has 0 radical (unpaired) electrons. The van der Waals surface area contributed by atoms with Gasteiger partial charge in [0.15, 0.2) is 0 Å². The summed E-state index contributed by atoms with van der Waals surface area (Å²) in [6.07, 6.45) is 1.64. The number of pyridine rings is 2. The largest absolute Gasteiger partial charge is 0.398 e. The molecular formula is C26H28Cl2N6. The van der Waals surface area contributed by atoms with E-state index >= 15 is 0 Å². The zero-order chi connectivity index (χ0) is 24.8. The molecule has 0 unspecified atom stereocenters. The molecule has 8 heteroatoms. The number of nitrogens with zero attached hydrogens (tertiary/aromatic N) is 2. The van der Waals surface area contributed by atoms with Crippen LogP contribution in [0.15, 0.2) is 60.7 Å². The molecule has 2 aromatic heterocycles. The molecule has 2 aromatic carbocycles. The molecule has 176 valence electrons. The lowest BCUT2D eigenvalue weighted by molar-refractivity contribution is 1.05. The monoisotopic (exact) mass is 494 g/mol. The lowest BCUT2D eigenvalue weighted by Crippen LogP contribution is -2.02. The fourth-order valence-electron chi connectivity index (χ4n) is 3.72. The third-order valence-electron chi connectivity index (χ3n) is 5.28. The van der Waals surface area contributed by atoms with Crippen molar-refractivity contribution >= 4 is 46.3 Å². The molecule has 0 spiro atoms. The number of aromatic nitrogens is 2. The Kier molecular flexibility index (Phi) is 8.21. The van der Waals surface area contributed by atoms with E-state index in [0.29, 0.717) is 33.2 Å². The van der Waals surface area contributed by atoms with E-state index in [9.17, 15) is 0 Å². The highest BCUT2D eigenvalue weighted by Gasteiger charge is 2.11. The Balaban J connectivity index is 0.000000191. The van der Waals surface area contributed by atoms with Crippen molar-refractivity contribution < 1.29 is 0 Å². The Bertz CT molecular complexity index is 1170. The SMILES string of the molecule is CCc1cc(N)nc(N)c1-c1ccc(Cl)cc1.CCc1nc(N)cc(N)c1-c1ccc(Cl)cc1. The lowest BCUT2D eigenvalue weighted by atomic mass is 9.99. The Labute approximate surface area is 209 Å². The van der Waals surface area contributed by atoms with E-state index in [1.54, 1.807) is 6.07 Å². The molecule has 0 saturated carbocycles. The molecule has 0 atom stereocenters. The van der Waals surface area contributed by atoms with Crippen LogP contribution in [0.3, 0.4) is 0 Å². The number of rotatable bonds is 4. The molecule has 6 nitrogen and oxygen atoms in total. The zero-order valence-corrected chi connectivity index (χ0v) is 20.7. The molecule has 0 saturated heterocycles. The van der Waals surface area contributed by atoms with Crippen molar-refractivity contribution in [3.8, 4) is 22.3 Å². The van der Waals surface area contributed by atoms with Crippen molar-refractivity contribution in [2.75, 3.05) is 22.9 Å². The van der Waals surface area contributed by atoms with Gasteiger partial charge in [0.1, 0.15) is 17.5 Å². The number of nitrogens with two attached hydrogens (primary N) is 4. The number of benzene rings is 2. The minimum atomic E-state index is 0.456. The third-order valence-corrected chi connectivity index (χ3v) is 5.78. The van der Waals surface area contributed by atoms with Crippen molar-refractivity contribution in [2.24, 2.45) is 0 Å². The second kappa shape index (κ2) is 11.1. The first kappa shape index (κ1) is 25.1. The minimum absolute atomic E-state index is 0.456. The summed E-state index contributed by atoms with van der Waals surface area (Å²) in [6.45, 7) is 4.09. The highest BCUT2D eigenvalue weighted by Crippen LogP contribution is 2.32. The van der Waals surface area contributed by atoms with Crippen molar-refractivity contribution in [1.29, 1.82) is 0 Å². The summed E-state index contributed by atoms with van der Waals surface area (Å²) in [6, 6.07) is 18.6. The van der Waals surface area contributed by atoms with Gasteiger partial charge in [0.25, 0.3) is 0 Å². The second-order valence-electron chi connectivity index (χ2n) is 7.65. The van der Waals surface area contributed by atoms with Crippen LogP contribution in [0.25, 0.3) is 22.3 Å². The van der Waals surface area contributed by atoms with Gasteiger partial charge in [-0.2, -0.15) is 0 Å². The number of hydrogen-bond donors (Lipinski definition) is 4. The Morgan fingerprint density at radius 3 is 1.65 bits per heavy atom. The summed E-state index contributed by atoms with van der Waals surface area (Å²) in [5.41, 5.74) is 29.9. The van der Waals surface area contributed by atoms with Gasteiger partial charge >= 0.3 is 0 Å². The van der Waals surface area contributed by atoms with Gasteiger partial charge in [0.05, 0.1) is 5.69 Å². The molecule has 0 aliphatic carbocycles. The van der Waals surface area contributed by atoms with Gasteiger partial charge in [0, 0.05) is 32.9 Å². The van der Waals surface area contributed by atoms with Crippen LogP contribution < -0.4 is 22.9 Å². The maximum Gasteiger partial charge on any atom is 0.133 e. The molecule has 0 aliphatic heterocycles. The van der Waals surface area contributed by atoms with Gasteiger partial charge in [-0.15, -0.1) is 0 Å². The minimum Gasteiger partial charge on any atom is -0.398 e. The lowest BCUT2D eigenvalue weighted by Gasteiger charge is -2.11. The van der Waals surface area contributed by atoms with E-state index in [1.807, 2.05) is 61.5 Å². The van der Waals surface area contributed by atoms with E-state index in [4.69, 9.17) is 46.1 Å². The molecule has 0 bridgehead atoms. The highest BCUT2D eigenvalue weighted by atomic mass is 35.5. The van der Waals surface area contributed by atoms with Crippen LogP contribution in [0.1, 0.15) is 25.1 Å². The molecule has 8 N–H and O–H groups in total. The Morgan fingerprint density at radius 1 is 0.647 bits per heavy atom. The Hall–Kier alpha value is -3.48. The highest BCUT2D eigenvalue weighted by molar-refractivity contribution is 6.31. The second-order valence-corrected chi connectivity index (χ2v) is 8.52. The van der Waals surface area contributed by atoms with E-state index in [1.165, 1.54) is 0 Å². The van der Waals surface area contributed by atoms with E-state index in [2.05, 4.69) is 16.9 Å². The first-order chi connectivity index (χ1) is 16.2. The summed E-state index contributed by atoms with van der Waals surface area (Å²) in [7, 11) is 0. The predicted molar refractivity (Wildman–Crippen MR) is 146 cm³/mol. The molecule has 0 fully saturated rings. The molecule has 4 aromatic rings. The van der Waals surface area contributed by atoms with E-state index < -0.39 is 0 Å². The fourth-order valence-corrected chi connectivity index (χ4v) is 3.97. The molecule has 0 aliphatic rings. The van der Waals surface area contributed by atoms with Gasteiger partial charge in [-0.1, -0.05) is 61.3 Å². The van der Waals surface area contributed by atoms with Crippen LogP contribution in [0.5, 0.6) is 0 Å². The van der Waals surface area contributed by atoms with Gasteiger partial charge in [-0.3, -0.25) is 0 Å². The summed E-state index contributed by atoms with van der Waals surface area (Å²) in [4.78, 5) is 8.42. The van der Waals surface area contributed by atoms with Crippen LogP contribution in [0.2, 0.25) is 10.0 Å². The molecule has 2 heterocycles. The van der Waals surface area contributed by atoms with Crippen molar-refractivity contribution in [3.63, 3.8) is 0 Å². The van der Waals surface area contributed by atoms with Crippen LogP contribution in [0, 0.1) is 0 Å². The maximum absolute atomic E-state index is 6.01. The van der Waals surface area contributed by atoms with Gasteiger partial charge in [0.2, 0.25) is 0 Å². The van der Waals surface area contributed by atoms with Crippen molar-refractivity contribution in [2.45, 2.75) is 26.7 Å².